The molecule has 7 heteroatoms. The van der Waals surface area contributed by atoms with Gasteiger partial charge in [-0.2, -0.15) is 0 Å². The van der Waals surface area contributed by atoms with E-state index in [1.165, 1.54) is 15.4 Å². The molecule has 1 atom stereocenters. The van der Waals surface area contributed by atoms with Crippen molar-refractivity contribution >= 4 is 33.2 Å². The summed E-state index contributed by atoms with van der Waals surface area (Å²) in [5, 5.41) is 3.63. The second kappa shape index (κ2) is 9.98. The number of nitrogens with one attached hydrogen (secondary N) is 1. The van der Waals surface area contributed by atoms with Crippen molar-refractivity contribution in [3.8, 4) is 0 Å². The van der Waals surface area contributed by atoms with Crippen LogP contribution in [0.3, 0.4) is 0 Å². The van der Waals surface area contributed by atoms with Gasteiger partial charge in [0.2, 0.25) is 10.0 Å². The standard InChI is InChI=1S/C26H29ClN2O3S/c1-17-14-19(3)25(15-18(17)2)20(4)28-26(30)22-8-12-24(13-9-22)29(33(5,31)32)16-21-6-10-23(27)11-7-21/h6-15,20H,16H2,1-5H3,(H,28,30)/t20-/m1/s1. The fraction of sp³-hybridized carbons (Fsp3) is 0.269. The number of carbonyl (C=O) groups excluding carboxylic acids is 1. The van der Waals surface area contributed by atoms with E-state index >= 15 is 0 Å². The number of hydrogen-bond acceptors (Lipinski definition) is 3. The lowest BCUT2D eigenvalue weighted by atomic mass is 9.96. The molecule has 0 spiro atoms. The molecule has 0 aliphatic heterocycles. The quantitative estimate of drug-likeness (QED) is 0.466. The van der Waals surface area contributed by atoms with Gasteiger partial charge in [-0.05, 0) is 91.9 Å². The first-order valence-electron chi connectivity index (χ1n) is 10.7. The second-order valence-electron chi connectivity index (χ2n) is 8.43. The number of aryl methyl sites for hydroxylation is 3. The average molecular weight is 485 g/mol. The molecular weight excluding hydrogens is 456 g/mol. The van der Waals surface area contributed by atoms with Crippen molar-refractivity contribution in [3.05, 3.63) is 99.1 Å². The number of amides is 1. The number of anilines is 1. The van der Waals surface area contributed by atoms with Crippen LogP contribution in [0.4, 0.5) is 5.69 Å². The van der Waals surface area contributed by atoms with E-state index in [0.717, 1.165) is 22.9 Å². The summed E-state index contributed by atoms with van der Waals surface area (Å²) in [4.78, 5) is 12.8. The van der Waals surface area contributed by atoms with Gasteiger partial charge >= 0.3 is 0 Å². The molecular formula is C26H29ClN2O3S. The van der Waals surface area contributed by atoms with Crippen LogP contribution in [0, 0.1) is 20.8 Å². The minimum absolute atomic E-state index is 0.158. The van der Waals surface area contributed by atoms with E-state index in [2.05, 4.69) is 31.3 Å². The highest BCUT2D eigenvalue weighted by Gasteiger charge is 2.19. The second-order valence-corrected chi connectivity index (χ2v) is 10.8. The van der Waals surface area contributed by atoms with Gasteiger partial charge in [-0.3, -0.25) is 9.10 Å². The van der Waals surface area contributed by atoms with Gasteiger partial charge in [0.25, 0.3) is 5.91 Å². The first kappa shape index (κ1) is 24.8. The van der Waals surface area contributed by atoms with Gasteiger partial charge in [0, 0.05) is 10.6 Å². The number of hydrogen-bond donors (Lipinski definition) is 1. The lowest BCUT2D eigenvalue weighted by Crippen LogP contribution is -2.30. The zero-order valence-electron chi connectivity index (χ0n) is 19.5. The third-order valence-electron chi connectivity index (χ3n) is 5.75. The molecule has 0 heterocycles. The van der Waals surface area contributed by atoms with E-state index in [9.17, 15) is 13.2 Å². The Morgan fingerprint density at radius 2 is 1.52 bits per heavy atom. The van der Waals surface area contributed by atoms with E-state index < -0.39 is 10.0 Å². The average Bonchev–Trinajstić information content (AvgIpc) is 2.75. The Hall–Kier alpha value is -2.83. The van der Waals surface area contributed by atoms with Gasteiger partial charge in [0.15, 0.2) is 0 Å². The highest BCUT2D eigenvalue weighted by Crippen LogP contribution is 2.24. The van der Waals surface area contributed by atoms with Crippen molar-refractivity contribution in [2.24, 2.45) is 0 Å². The molecule has 5 nitrogen and oxygen atoms in total. The maximum atomic E-state index is 12.8. The normalized spacial score (nSPS) is 12.3. The predicted octanol–water partition coefficient (Wildman–Crippen LogP) is 5.72. The van der Waals surface area contributed by atoms with Crippen LogP contribution in [0.2, 0.25) is 5.02 Å². The van der Waals surface area contributed by atoms with Crippen LogP contribution in [0.5, 0.6) is 0 Å². The van der Waals surface area contributed by atoms with Crippen molar-refractivity contribution in [1.29, 1.82) is 0 Å². The van der Waals surface area contributed by atoms with Crippen LogP contribution in [0.25, 0.3) is 0 Å². The molecule has 3 rings (SSSR count). The molecule has 0 aromatic heterocycles. The summed E-state index contributed by atoms with van der Waals surface area (Å²) in [6.45, 7) is 8.30. The van der Waals surface area contributed by atoms with E-state index in [-0.39, 0.29) is 18.5 Å². The van der Waals surface area contributed by atoms with Crippen molar-refractivity contribution in [3.63, 3.8) is 0 Å². The molecule has 174 valence electrons. The maximum Gasteiger partial charge on any atom is 0.251 e. The Balaban J connectivity index is 1.78. The number of nitrogens with zero attached hydrogens (tertiary/aromatic N) is 1. The zero-order chi connectivity index (χ0) is 24.3. The van der Waals surface area contributed by atoms with E-state index in [4.69, 9.17) is 11.6 Å². The fourth-order valence-corrected chi connectivity index (χ4v) is 4.76. The summed E-state index contributed by atoms with van der Waals surface area (Å²) in [5.74, 6) is -0.213. The van der Waals surface area contributed by atoms with Crippen molar-refractivity contribution in [2.75, 3.05) is 10.6 Å². The summed E-state index contributed by atoms with van der Waals surface area (Å²) >= 11 is 5.93. The van der Waals surface area contributed by atoms with E-state index in [1.54, 1.807) is 48.5 Å². The number of carbonyl (C=O) groups is 1. The van der Waals surface area contributed by atoms with Gasteiger partial charge in [-0.25, -0.2) is 8.42 Å². The van der Waals surface area contributed by atoms with Crippen LogP contribution >= 0.6 is 11.6 Å². The highest BCUT2D eigenvalue weighted by atomic mass is 35.5. The Bertz CT molecular complexity index is 1250. The molecule has 0 fully saturated rings. The molecule has 1 amide bonds. The van der Waals surface area contributed by atoms with Crippen LogP contribution in [-0.2, 0) is 16.6 Å². The van der Waals surface area contributed by atoms with Crippen LogP contribution in [0.1, 0.15) is 51.1 Å². The van der Waals surface area contributed by atoms with Crippen LogP contribution < -0.4 is 9.62 Å². The smallest absolute Gasteiger partial charge is 0.251 e. The Labute approximate surface area is 201 Å². The first-order valence-corrected chi connectivity index (χ1v) is 12.9. The third-order valence-corrected chi connectivity index (χ3v) is 7.15. The summed E-state index contributed by atoms with van der Waals surface area (Å²) in [6, 6.07) is 17.7. The summed E-state index contributed by atoms with van der Waals surface area (Å²) in [6.07, 6.45) is 1.16. The third kappa shape index (κ3) is 6.15. The maximum absolute atomic E-state index is 12.8. The van der Waals surface area contributed by atoms with Crippen LogP contribution in [-0.4, -0.2) is 20.6 Å². The minimum atomic E-state index is -3.53. The van der Waals surface area contributed by atoms with E-state index in [1.807, 2.05) is 13.8 Å². The molecule has 0 aliphatic rings. The van der Waals surface area contributed by atoms with E-state index in [0.29, 0.717) is 16.3 Å². The summed E-state index contributed by atoms with van der Waals surface area (Å²) in [7, 11) is -3.53. The van der Waals surface area contributed by atoms with Crippen molar-refractivity contribution in [1.82, 2.24) is 5.32 Å². The molecule has 0 bridgehead atoms. The minimum Gasteiger partial charge on any atom is -0.346 e. The molecule has 0 unspecified atom stereocenters. The lowest BCUT2D eigenvalue weighted by molar-refractivity contribution is 0.0940. The molecule has 3 aromatic rings. The molecule has 0 radical (unpaired) electrons. The van der Waals surface area contributed by atoms with Gasteiger partial charge in [-0.1, -0.05) is 35.9 Å². The Morgan fingerprint density at radius 1 is 0.939 bits per heavy atom. The molecule has 0 saturated heterocycles. The van der Waals surface area contributed by atoms with Gasteiger partial charge in [0.1, 0.15) is 0 Å². The fourth-order valence-electron chi connectivity index (χ4n) is 3.74. The van der Waals surface area contributed by atoms with Crippen molar-refractivity contribution < 1.29 is 13.2 Å². The van der Waals surface area contributed by atoms with Gasteiger partial charge in [0.05, 0.1) is 24.5 Å². The Kier molecular flexibility index (Phi) is 7.50. The predicted molar refractivity (Wildman–Crippen MR) is 135 cm³/mol. The first-order chi connectivity index (χ1) is 15.5. The number of halogens is 1. The van der Waals surface area contributed by atoms with Gasteiger partial charge in [-0.15, -0.1) is 0 Å². The lowest BCUT2D eigenvalue weighted by Gasteiger charge is -2.23. The topological polar surface area (TPSA) is 66.5 Å². The molecule has 33 heavy (non-hydrogen) atoms. The van der Waals surface area contributed by atoms with Gasteiger partial charge < -0.3 is 5.32 Å². The molecule has 1 N–H and O–H groups in total. The van der Waals surface area contributed by atoms with Crippen molar-refractivity contribution in [2.45, 2.75) is 40.3 Å². The van der Waals surface area contributed by atoms with Crippen LogP contribution in [0.15, 0.2) is 60.7 Å². The SMILES string of the molecule is Cc1cc(C)c([C@@H](C)NC(=O)c2ccc(N(Cc3ccc(Cl)cc3)S(C)(=O)=O)cc2)cc1C. The monoisotopic (exact) mass is 484 g/mol. The summed E-state index contributed by atoms with van der Waals surface area (Å²) < 4.78 is 26.2. The zero-order valence-corrected chi connectivity index (χ0v) is 21.1. The number of sulfonamides is 1. The molecule has 0 saturated carbocycles. The highest BCUT2D eigenvalue weighted by molar-refractivity contribution is 7.92. The Morgan fingerprint density at radius 3 is 2.09 bits per heavy atom. The summed E-state index contributed by atoms with van der Waals surface area (Å²) in [5.41, 5.74) is 6.38. The molecule has 3 aromatic carbocycles. The largest absolute Gasteiger partial charge is 0.346 e. The number of benzene rings is 3. The number of rotatable bonds is 7. The molecule has 0 aliphatic carbocycles.